The minimum atomic E-state index is 0.238. The third-order valence-corrected chi connectivity index (χ3v) is 2.52. The van der Waals surface area contributed by atoms with E-state index in [2.05, 4.69) is 25.1 Å². The van der Waals surface area contributed by atoms with E-state index in [1.807, 2.05) is 0 Å². The fourth-order valence-electron chi connectivity index (χ4n) is 1.88. The minimum Gasteiger partial charge on any atom is -0.303 e. The predicted molar refractivity (Wildman–Crippen MR) is 48.1 cm³/mol. The van der Waals surface area contributed by atoms with Gasteiger partial charge in [0.05, 0.1) is 0 Å². The normalized spacial score (nSPS) is 20.6. The Kier molecular flexibility index (Phi) is 1.72. The first-order chi connectivity index (χ1) is 5.79. The van der Waals surface area contributed by atoms with E-state index < -0.39 is 0 Å². The zero-order valence-electron chi connectivity index (χ0n) is 7.21. The van der Waals surface area contributed by atoms with Gasteiger partial charge in [-0.3, -0.25) is 0 Å². The van der Waals surface area contributed by atoms with Crippen molar-refractivity contribution in [2.75, 3.05) is 0 Å². The molecular weight excluding hydrogens is 148 g/mol. The fourth-order valence-corrected chi connectivity index (χ4v) is 1.88. The summed E-state index contributed by atoms with van der Waals surface area (Å²) >= 11 is 0. The number of fused-ring (bicyclic) bond motifs is 1. The van der Waals surface area contributed by atoms with Crippen LogP contribution in [0.5, 0.6) is 0 Å². The number of carbonyl (C=O) groups is 1. The van der Waals surface area contributed by atoms with Crippen LogP contribution in [0, 0.1) is 12.8 Å². The number of aldehydes is 1. The molecule has 1 aliphatic carbocycles. The Morgan fingerprint density at radius 1 is 1.33 bits per heavy atom. The lowest BCUT2D eigenvalue weighted by atomic mass is 10.1. The van der Waals surface area contributed by atoms with E-state index in [0.29, 0.717) is 0 Å². The van der Waals surface area contributed by atoms with Crippen molar-refractivity contribution in [2.24, 2.45) is 5.92 Å². The van der Waals surface area contributed by atoms with Crippen LogP contribution < -0.4 is 0 Å². The number of rotatable bonds is 1. The summed E-state index contributed by atoms with van der Waals surface area (Å²) in [6, 6.07) is 6.46. The van der Waals surface area contributed by atoms with Crippen LogP contribution in [0.15, 0.2) is 18.2 Å². The van der Waals surface area contributed by atoms with Crippen LogP contribution in [-0.2, 0) is 17.6 Å². The number of aryl methyl sites for hydroxylation is 1. The molecule has 1 aliphatic rings. The number of carbonyl (C=O) groups excluding carboxylic acids is 1. The number of hydrogen-bond donors (Lipinski definition) is 0. The monoisotopic (exact) mass is 160 g/mol. The predicted octanol–water partition coefficient (Wildman–Crippen LogP) is 1.91. The Morgan fingerprint density at radius 3 is 2.83 bits per heavy atom. The second-order valence-electron chi connectivity index (χ2n) is 3.58. The molecule has 2 rings (SSSR count). The van der Waals surface area contributed by atoms with Gasteiger partial charge in [0.25, 0.3) is 0 Å². The second-order valence-corrected chi connectivity index (χ2v) is 3.58. The second kappa shape index (κ2) is 2.74. The van der Waals surface area contributed by atoms with Crippen LogP contribution in [0.4, 0.5) is 0 Å². The Labute approximate surface area is 72.4 Å². The number of benzene rings is 1. The van der Waals surface area contributed by atoms with Crippen molar-refractivity contribution in [3.63, 3.8) is 0 Å². The zero-order chi connectivity index (χ0) is 8.55. The third kappa shape index (κ3) is 1.15. The molecule has 0 N–H and O–H groups in total. The highest BCUT2D eigenvalue weighted by atomic mass is 16.1. The highest BCUT2D eigenvalue weighted by Gasteiger charge is 2.20. The molecule has 62 valence electrons. The molecule has 12 heavy (non-hydrogen) atoms. The van der Waals surface area contributed by atoms with Crippen molar-refractivity contribution in [3.05, 3.63) is 34.9 Å². The minimum absolute atomic E-state index is 0.238. The molecule has 0 aliphatic heterocycles. The van der Waals surface area contributed by atoms with Crippen LogP contribution in [0.3, 0.4) is 0 Å². The van der Waals surface area contributed by atoms with Gasteiger partial charge < -0.3 is 4.79 Å². The topological polar surface area (TPSA) is 17.1 Å². The zero-order valence-corrected chi connectivity index (χ0v) is 7.21. The van der Waals surface area contributed by atoms with Crippen molar-refractivity contribution in [3.8, 4) is 0 Å². The highest BCUT2D eigenvalue weighted by molar-refractivity contribution is 5.58. The van der Waals surface area contributed by atoms with Gasteiger partial charge in [0.2, 0.25) is 0 Å². The summed E-state index contributed by atoms with van der Waals surface area (Å²) in [4.78, 5) is 10.6. The summed E-state index contributed by atoms with van der Waals surface area (Å²) in [7, 11) is 0. The van der Waals surface area contributed by atoms with Gasteiger partial charge in [-0.1, -0.05) is 23.8 Å². The molecule has 0 saturated carbocycles. The maximum atomic E-state index is 10.6. The van der Waals surface area contributed by atoms with Crippen molar-refractivity contribution in [1.29, 1.82) is 0 Å². The summed E-state index contributed by atoms with van der Waals surface area (Å²) in [6.45, 7) is 2.09. The molecular formula is C11H12O. The molecule has 0 saturated heterocycles. The molecule has 1 heteroatoms. The maximum absolute atomic E-state index is 10.6. The lowest BCUT2D eigenvalue weighted by Crippen LogP contribution is -1.99. The van der Waals surface area contributed by atoms with Crippen molar-refractivity contribution in [2.45, 2.75) is 19.8 Å². The first-order valence-corrected chi connectivity index (χ1v) is 4.33. The summed E-state index contributed by atoms with van der Waals surface area (Å²) in [5.74, 6) is 0.238. The van der Waals surface area contributed by atoms with Gasteiger partial charge >= 0.3 is 0 Å². The van der Waals surface area contributed by atoms with Crippen LogP contribution in [0.1, 0.15) is 16.7 Å². The average molecular weight is 160 g/mol. The van der Waals surface area contributed by atoms with E-state index in [4.69, 9.17) is 0 Å². The van der Waals surface area contributed by atoms with Gasteiger partial charge in [0.1, 0.15) is 6.29 Å². The molecule has 0 heterocycles. The van der Waals surface area contributed by atoms with Gasteiger partial charge in [-0.25, -0.2) is 0 Å². The van der Waals surface area contributed by atoms with Crippen LogP contribution in [0.2, 0.25) is 0 Å². The van der Waals surface area contributed by atoms with Gasteiger partial charge in [-0.2, -0.15) is 0 Å². The van der Waals surface area contributed by atoms with Gasteiger partial charge in [-0.15, -0.1) is 0 Å². The van der Waals surface area contributed by atoms with E-state index in [1.165, 1.54) is 16.7 Å². The first kappa shape index (κ1) is 7.53. The quantitative estimate of drug-likeness (QED) is 0.573. The van der Waals surface area contributed by atoms with Gasteiger partial charge in [0.15, 0.2) is 0 Å². The standard InChI is InChI=1S/C11H12O/c1-8-2-3-10-5-9(7-12)6-11(10)4-8/h2-4,7,9H,5-6H2,1H3/t9-/m0/s1. The summed E-state index contributed by atoms with van der Waals surface area (Å²) in [5, 5.41) is 0. The largest absolute Gasteiger partial charge is 0.303 e. The van der Waals surface area contributed by atoms with E-state index in [1.54, 1.807) is 0 Å². The smallest absolute Gasteiger partial charge is 0.123 e. The lowest BCUT2D eigenvalue weighted by Gasteiger charge is -1.98. The maximum Gasteiger partial charge on any atom is 0.123 e. The molecule has 0 bridgehead atoms. The van der Waals surface area contributed by atoms with Crippen molar-refractivity contribution >= 4 is 6.29 Å². The van der Waals surface area contributed by atoms with Crippen molar-refractivity contribution in [1.82, 2.24) is 0 Å². The summed E-state index contributed by atoms with van der Waals surface area (Å²) < 4.78 is 0. The third-order valence-electron chi connectivity index (χ3n) is 2.52. The summed E-state index contributed by atoms with van der Waals surface area (Å²) in [6.07, 6.45) is 2.97. The molecule has 0 radical (unpaired) electrons. The molecule has 1 nitrogen and oxygen atoms in total. The average Bonchev–Trinajstić information content (AvgIpc) is 2.46. The molecule has 1 aromatic rings. The SMILES string of the molecule is Cc1ccc2c(c1)C[C@@H](C=O)C2. The Hall–Kier alpha value is -1.11. The fraction of sp³-hybridized carbons (Fsp3) is 0.364. The molecule has 0 aromatic heterocycles. The molecule has 0 fully saturated rings. The molecule has 1 atom stereocenters. The molecule has 0 amide bonds. The van der Waals surface area contributed by atoms with E-state index in [0.717, 1.165) is 19.1 Å². The number of hydrogen-bond acceptors (Lipinski definition) is 1. The van der Waals surface area contributed by atoms with Crippen molar-refractivity contribution < 1.29 is 4.79 Å². The highest BCUT2D eigenvalue weighted by Crippen LogP contribution is 2.25. The van der Waals surface area contributed by atoms with E-state index >= 15 is 0 Å². The lowest BCUT2D eigenvalue weighted by molar-refractivity contribution is -0.110. The van der Waals surface area contributed by atoms with Crippen LogP contribution in [0.25, 0.3) is 0 Å². The molecule has 0 spiro atoms. The van der Waals surface area contributed by atoms with Gasteiger partial charge in [-0.05, 0) is 30.9 Å². The first-order valence-electron chi connectivity index (χ1n) is 4.33. The molecule has 1 aromatic carbocycles. The van der Waals surface area contributed by atoms with Crippen LogP contribution in [-0.4, -0.2) is 6.29 Å². The van der Waals surface area contributed by atoms with E-state index in [9.17, 15) is 4.79 Å². The van der Waals surface area contributed by atoms with Crippen LogP contribution >= 0.6 is 0 Å². The van der Waals surface area contributed by atoms with Gasteiger partial charge in [0, 0.05) is 5.92 Å². The summed E-state index contributed by atoms with van der Waals surface area (Å²) in [5.41, 5.74) is 4.02. The Bertz CT molecular complexity index is 315. The van der Waals surface area contributed by atoms with E-state index in [-0.39, 0.29) is 5.92 Å². The Balaban J connectivity index is 2.35. The Morgan fingerprint density at radius 2 is 2.08 bits per heavy atom. The molecule has 0 unspecified atom stereocenters.